The molecule has 682 valence electrons. The largest absolute Gasteiger partial charge is 0.463 e. The van der Waals surface area contributed by atoms with Gasteiger partial charge in [0.05, 0.1) is 71.2 Å². The molecule has 0 unspecified atom stereocenters. The SMILES string of the molecule is CC(=O)N[C@H]1[C@H](O[C@H]2CC[C@]3(C)[C@H]4CC=C5[C@@H]6CC(C)(C)[C@@H](O)C[C@]6(C(=O)O[C@@H]6O[C@H](COC(C)=O)[C@@H](O)[C@H](O[C@@H]7OC[C@@H](O)[C@H](O)[C@H]7O)[C@H]6O[C@@H]6OC[C@@H](O)[C@H](O[C@@H]7OC[C@](O)(CO)[C@H]7O)[C@H]6O)[C@H](O)C[C@@]5(C)[C@]4(C)CC[C@H]3C2(C)C)O[C@H](CO[C@@H]2OC[C@H](O)[C@H](O[C@@H]3OC[C@@H](O)[C@H](O)[C@H]3O)[C@H]2O)[C@@H](O[C@@H]2O[C@H](CO)[C@@H](O)[C@H](O)[C@H]2O)[C@@H]1O. The first kappa shape index (κ1) is 93.4. The molecule has 13 rings (SSSR count). The van der Waals surface area contributed by atoms with Crippen LogP contribution in [0.3, 0.4) is 0 Å². The standard InChI is InChI=1S/C77H123NO41/c1-28(81)78-44-49(93)58(116-67-53(97)50(94)47(91)36(19-79)110-67)38(25-108-63-54(98)56(34(85)22-104-63)114-64-51(95)45(89)32(83)20-105-64)112-62(44)113-43-13-14-73(7)39(72(43,5)6)12-15-74(8)40(73)11-10-30-31-16-71(3,4)41(87)18-77(31,42(88)17-75(30,74)9)70(101)119-68-60(118-66-55(99)57(35(86)23-107-66)115-69-61(100)76(102,26-80)27-109-69)59(48(92)37(111-68)24-103-29(2)82)117-65-52(96)46(90)33(84)21-106-65/h10,31-69,79-80,83-100,102H,11-27H2,1-9H3,(H,78,81)/t31-,32+,33+,34-,35+,36+,37+,38+,39-,40+,41-,42+,43-,44+,45-,46-,47+,48+,49+,50-,51+,52+,53+,54+,55+,56-,57-,58+,59-,60+,61-,62-,63-,64-,65-,66-,67-,68-,69-,73-,74+,75+,76+,77+/m0/s1. The molecular weight excluding hydrogens is 1590 g/mol. The number of aliphatic hydroxyl groups excluding tert-OH is 20. The number of fused-ring (bicyclic) bond motifs is 7. The third-order valence-corrected chi connectivity index (χ3v) is 28.9. The van der Waals surface area contributed by atoms with E-state index in [0.717, 1.165) is 12.5 Å². The number of carbonyl (C=O) groups is 3. The lowest BCUT2D eigenvalue weighted by atomic mass is 9.33. The van der Waals surface area contributed by atoms with E-state index < -0.39 is 349 Å². The van der Waals surface area contributed by atoms with Crippen molar-refractivity contribution in [1.29, 1.82) is 0 Å². The van der Waals surface area contributed by atoms with E-state index in [-0.39, 0.29) is 24.7 Å². The summed E-state index contributed by atoms with van der Waals surface area (Å²) < 4.78 is 102. The van der Waals surface area contributed by atoms with Crippen LogP contribution >= 0.6 is 0 Å². The van der Waals surface area contributed by atoms with Crippen LogP contribution in [0.1, 0.15) is 114 Å². The Hall–Kier alpha value is -3.29. The minimum Gasteiger partial charge on any atom is -0.463 e. The number of esters is 2. The van der Waals surface area contributed by atoms with Crippen molar-refractivity contribution in [2.75, 3.05) is 59.5 Å². The lowest BCUT2D eigenvalue weighted by molar-refractivity contribution is -0.382. The van der Waals surface area contributed by atoms with Gasteiger partial charge in [-0.3, -0.25) is 14.4 Å². The molecular formula is C77H123NO41. The second kappa shape index (κ2) is 35.7. The molecule has 42 heteroatoms. The van der Waals surface area contributed by atoms with Gasteiger partial charge in [0.1, 0.15) is 164 Å². The van der Waals surface area contributed by atoms with Crippen molar-refractivity contribution in [1.82, 2.24) is 5.32 Å². The summed E-state index contributed by atoms with van der Waals surface area (Å²) in [5, 5.41) is 238. The Morgan fingerprint density at radius 1 is 0.487 bits per heavy atom. The van der Waals surface area contributed by atoms with Crippen molar-refractivity contribution < 1.29 is 202 Å². The van der Waals surface area contributed by atoms with Gasteiger partial charge in [-0.15, -0.1) is 0 Å². The van der Waals surface area contributed by atoms with Crippen LogP contribution in [-0.4, -0.2) is 411 Å². The molecule has 0 aromatic rings. The zero-order valence-electron chi connectivity index (χ0n) is 67.7. The first-order valence-electron chi connectivity index (χ1n) is 40.9. The fourth-order valence-electron chi connectivity index (χ4n) is 21.6. The minimum absolute atomic E-state index is 0.0895. The number of nitrogens with one attached hydrogen (secondary N) is 1. The molecule has 0 bridgehead atoms. The summed E-state index contributed by atoms with van der Waals surface area (Å²) in [5.41, 5.74) is -7.35. The molecule has 8 saturated heterocycles. The number of hydrogen-bond acceptors (Lipinski definition) is 41. The Morgan fingerprint density at radius 3 is 1.63 bits per heavy atom. The maximum Gasteiger partial charge on any atom is 0.317 e. The highest BCUT2D eigenvalue weighted by atomic mass is 16.8. The van der Waals surface area contributed by atoms with E-state index in [9.17, 15) is 117 Å². The second-order valence-corrected chi connectivity index (χ2v) is 36.9. The van der Waals surface area contributed by atoms with E-state index in [2.05, 4.69) is 32.2 Å². The molecule has 0 radical (unpaired) electrons. The van der Waals surface area contributed by atoms with Crippen LogP contribution in [0.4, 0.5) is 0 Å². The third-order valence-electron chi connectivity index (χ3n) is 28.9. The van der Waals surface area contributed by atoms with Gasteiger partial charge < -0.3 is 193 Å². The van der Waals surface area contributed by atoms with E-state index in [1.807, 2.05) is 27.7 Å². The van der Waals surface area contributed by atoms with Crippen molar-refractivity contribution in [3.63, 3.8) is 0 Å². The van der Waals surface area contributed by atoms with E-state index in [4.69, 9.17) is 80.5 Å². The van der Waals surface area contributed by atoms with E-state index in [1.165, 1.54) is 6.92 Å². The predicted molar refractivity (Wildman–Crippen MR) is 387 cm³/mol. The summed E-state index contributed by atoms with van der Waals surface area (Å²) >= 11 is 0. The Bertz CT molecular complexity index is 3510. The zero-order valence-corrected chi connectivity index (χ0v) is 67.7. The van der Waals surface area contributed by atoms with Gasteiger partial charge in [0.2, 0.25) is 12.2 Å². The molecule has 0 aromatic heterocycles. The first-order valence-corrected chi connectivity index (χ1v) is 40.9. The number of carbonyl (C=O) groups excluding carboxylic acids is 3. The van der Waals surface area contributed by atoms with Gasteiger partial charge >= 0.3 is 11.9 Å². The molecule has 22 N–H and O–H groups in total. The van der Waals surface area contributed by atoms with Gasteiger partial charge in [-0.25, -0.2) is 0 Å². The van der Waals surface area contributed by atoms with Crippen molar-refractivity contribution in [2.45, 2.75) is 340 Å². The summed E-state index contributed by atoms with van der Waals surface area (Å²) in [6.45, 7) is 10.2. The number of rotatable bonds is 22. The summed E-state index contributed by atoms with van der Waals surface area (Å²) in [7, 11) is 0. The topological polar surface area (TPSA) is 645 Å². The van der Waals surface area contributed by atoms with E-state index in [0.29, 0.717) is 32.1 Å². The number of allylic oxidation sites excluding steroid dienone is 2. The molecule has 1 amide bonds. The van der Waals surface area contributed by atoms with Crippen LogP contribution in [0.25, 0.3) is 0 Å². The third kappa shape index (κ3) is 17.0. The summed E-state index contributed by atoms with van der Waals surface area (Å²) in [6, 6.07) is -1.49. The Morgan fingerprint density at radius 2 is 1.03 bits per heavy atom. The van der Waals surface area contributed by atoms with Crippen molar-refractivity contribution in [3.8, 4) is 0 Å². The average Bonchev–Trinajstić information content (AvgIpc) is 0.766. The van der Waals surface area contributed by atoms with Crippen molar-refractivity contribution in [3.05, 3.63) is 11.6 Å². The lowest BCUT2D eigenvalue weighted by Crippen LogP contribution is -2.70. The molecule has 4 saturated carbocycles. The van der Waals surface area contributed by atoms with Gasteiger partial charge in [-0.1, -0.05) is 60.1 Å². The van der Waals surface area contributed by atoms with Crippen molar-refractivity contribution in [2.24, 2.45) is 50.2 Å². The van der Waals surface area contributed by atoms with Gasteiger partial charge in [-0.2, -0.15) is 0 Å². The predicted octanol–water partition coefficient (Wildman–Crippen LogP) is -8.89. The van der Waals surface area contributed by atoms with Crippen LogP contribution < -0.4 is 5.32 Å². The van der Waals surface area contributed by atoms with Crippen LogP contribution in [0.5, 0.6) is 0 Å². The number of amides is 1. The maximum atomic E-state index is 16.3. The van der Waals surface area contributed by atoms with Crippen LogP contribution in [0.2, 0.25) is 0 Å². The molecule has 0 aromatic carbocycles. The quantitative estimate of drug-likeness (QED) is 0.0272. The van der Waals surface area contributed by atoms with Crippen LogP contribution in [-0.2, 0) is 94.9 Å². The molecule has 42 nitrogen and oxygen atoms in total. The van der Waals surface area contributed by atoms with E-state index in [1.54, 1.807) is 0 Å². The molecule has 12 fully saturated rings. The maximum absolute atomic E-state index is 16.3. The fraction of sp³-hybridized carbons (Fsp3) is 0.935. The zero-order chi connectivity index (χ0) is 86.8. The smallest absolute Gasteiger partial charge is 0.317 e. The molecule has 5 aliphatic carbocycles. The molecule has 13 aliphatic rings. The van der Waals surface area contributed by atoms with Crippen LogP contribution in [0.15, 0.2) is 11.6 Å². The van der Waals surface area contributed by atoms with E-state index >= 15 is 4.79 Å². The fourth-order valence-corrected chi connectivity index (χ4v) is 21.6. The van der Waals surface area contributed by atoms with Crippen LogP contribution in [0, 0.1) is 50.2 Å². The average molecular weight is 1720 g/mol. The Balaban J connectivity index is 0.780. The van der Waals surface area contributed by atoms with Gasteiger partial charge in [-0.05, 0) is 96.2 Å². The summed E-state index contributed by atoms with van der Waals surface area (Å²) in [5.74, 6) is -3.93. The normalized spacial score (nSPS) is 52.3. The molecule has 8 aliphatic heterocycles. The van der Waals surface area contributed by atoms with Crippen molar-refractivity contribution >= 4 is 17.8 Å². The number of aliphatic hydroxyl groups is 21. The van der Waals surface area contributed by atoms with Gasteiger partial charge in [0, 0.05) is 13.8 Å². The Kier molecular flexibility index (Phi) is 28.0. The summed E-state index contributed by atoms with van der Waals surface area (Å²) in [6.07, 6.45) is -57.8. The molecule has 119 heavy (non-hydrogen) atoms. The highest BCUT2D eigenvalue weighted by molar-refractivity contribution is 5.80. The van der Waals surface area contributed by atoms with Gasteiger partial charge in [0.15, 0.2) is 50.1 Å². The molecule has 8 heterocycles. The molecule has 44 atom stereocenters. The van der Waals surface area contributed by atoms with Gasteiger partial charge in [0.25, 0.3) is 0 Å². The minimum atomic E-state index is -2.22. The first-order chi connectivity index (χ1) is 55.8. The number of ether oxygens (including phenoxy) is 17. The highest BCUT2D eigenvalue weighted by Gasteiger charge is 2.74. The Labute approximate surface area is 684 Å². The monoisotopic (exact) mass is 1720 g/mol. The summed E-state index contributed by atoms with van der Waals surface area (Å²) in [4.78, 5) is 42.1. The lowest BCUT2D eigenvalue weighted by Gasteiger charge is -2.72. The second-order valence-electron chi connectivity index (χ2n) is 36.9. The highest BCUT2D eigenvalue weighted by Crippen LogP contribution is 2.76. The molecule has 0 spiro atoms. The number of hydrogen-bond donors (Lipinski definition) is 22.